The number of aryl methyl sites for hydroxylation is 1. The van der Waals surface area contributed by atoms with Gasteiger partial charge in [0.25, 0.3) is 5.56 Å². The van der Waals surface area contributed by atoms with Crippen LogP contribution < -0.4 is 5.56 Å². The van der Waals surface area contributed by atoms with Crippen LogP contribution >= 0.6 is 23.1 Å². The van der Waals surface area contributed by atoms with Gasteiger partial charge in [-0.05, 0) is 66.4 Å². The van der Waals surface area contributed by atoms with Crippen LogP contribution in [-0.2, 0) is 25.1 Å². The fourth-order valence-corrected chi connectivity index (χ4v) is 6.50. The van der Waals surface area contributed by atoms with Gasteiger partial charge in [0.05, 0.1) is 17.2 Å². The van der Waals surface area contributed by atoms with E-state index in [1.165, 1.54) is 10.4 Å². The Kier molecular flexibility index (Phi) is 5.43. The van der Waals surface area contributed by atoms with Crippen molar-refractivity contribution in [3.63, 3.8) is 0 Å². The molecule has 0 aliphatic heterocycles. The van der Waals surface area contributed by atoms with Crippen molar-refractivity contribution in [3.8, 4) is 0 Å². The van der Waals surface area contributed by atoms with Crippen LogP contribution in [0, 0.1) is 11.8 Å². The van der Waals surface area contributed by atoms with Crippen LogP contribution in [0.2, 0.25) is 0 Å². The second-order valence-electron chi connectivity index (χ2n) is 9.13. The van der Waals surface area contributed by atoms with Gasteiger partial charge < -0.3 is 0 Å². The number of thiophene rings is 1. The van der Waals surface area contributed by atoms with E-state index >= 15 is 0 Å². The van der Waals surface area contributed by atoms with Crippen LogP contribution in [0.4, 0.5) is 0 Å². The van der Waals surface area contributed by atoms with Crippen LogP contribution in [0.15, 0.2) is 9.95 Å². The normalized spacial score (nSPS) is 19.0. The molecule has 160 valence electrons. The Labute approximate surface area is 184 Å². The van der Waals surface area contributed by atoms with E-state index in [2.05, 4.69) is 36.3 Å². The highest BCUT2D eigenvalue weighted by atomic mass is 32.2. The average Bonchev–Trinajstić information content (AvgIpc) is 3.32. The van der Waals surface area contributed by atoms with Crippen molar-refractivity contribution in [2.45, 2.75) is 82.8 Å². The van der Waals surface area contributed by atoms with E-state index in [4.69, 9.17) is 4.98 Å². The number of aromatic nitrogens is 6. The van der Waals surface area contributed by atoms with Gasteiger partial charge in [0, 0.05) is 11.4 Å². The Morgan fingerprint density at radius 3 is 2.87 bits per heavy atom. The summed E-state index contributed by atoms with van der Waals surface area (Å²) in [7, 11) is 0. The summed E-state index contributed by atoms with van der Waals surface area (Å²) in [6.07, 6.45) is 6.48. The van der Waals surface area contributed by atoms with Crippen LogP contribution in [0.25, 0.3) is 10.2 Å². The molecule has 1 unspecified atom stereocenters. The van der Waals surface area contributed by atoms with Gasteiger partial charge in [-0.1, -0.05) is 32.5 Å². The third-order valence-electron chi connectivity index (χ3n) is 6.09. The second-order valence-corrected chi connectivity index (χ2v) is 11.2. The highest BCUT2D eigenvalue weighted by molar-refractivity contribution is 7.98. The molecule has 9 heteroatoms. The maximum Gasteiger partial charge on any atom is 0.263 e. The van der Waals surface area contributed by atoms with Gasteiger partial charge in [-0.25, -0.2) is 9.67 Å². The topological polar surface area (TPSA) is 78.5 Å². The van der Waals surface area contributed by atoms with Gasteiger partial charge in [-0.15, -0.1) is 16.4 Å². The minimum absolute atomic E-state index is 0.136. The van der Waals surface area contributed by atoms with Gasteiger partial charge in [0.2, 0.25) is 0 Å². The number of nitrogens with zero attached hydrogens (tertiary/aromatic N) is 6. The van der Waals surface area contributed by atoms with E-state index in [0.717, 1.165) is 59.7 Å². The van der Waals surface area contributed by atoms with Gasteiger partial charge in [-0.2, -0.15) is 0 Å². The molecule has 0 aromatic carbocycles. The van der Waals surface area contributed by atoms with Crippen LogP contribution in [0.3, 0.4) is 0 Å². The van der Waals surface area contributed by atoms with Crippen molar-refractivity contribution >= 4 is 33.3 Å². The molecule has 30 heavy (non-hydrogen) atoms. The Balaban J connectivity index is 1.52. The monoisotopic (exact) mass is 444 g/mol. The summed E-state index contributed by atoms with van der Waals surface area (Å²) in [5.74, 6) is 2.71. The molecule has 0 amide bonds. The first-order chi connectivity index (χ1) is 14.5. The zero-order valence-electron chi connectivity index (χ0n) is 17.8. The minimum Gasteiger partial charge on any atom is -0.287 e. The Bertz CT molecular complexity index is 1130. The van der Waals surface area contributed by atoms with Gasteiger partial charge in [-0.3, -0.25) is 9.36 Å². The van der Waals surface area contributed by atoms with Crippen molar-refractivity contribution < 1.29 is 0 Å². The predicted octanol–water partition coefficient (Wildman–Crippen LogP) is 4.24. The van der Waals surface area contributed by atoms with E-state index < -0.39 is 0 Å². The SMILES string of the molecule is CC(C)CCn1c(SCc2nnnn2C2CC2)nc2sc3c(c2c1=O)CCC(C)C3. The summed E-state index contributed by atoms with van der Waals surface area (Å²) in [5.41, 5.74) is 1.40. The summed E-state index contributed by atoms with van der Waals surface area (Å²) in [6, 6.07) is 0.445. The van der Waals surface area contributed by atoms with Crippen molar-refractivity contribution in [2.24, 2.45) is 11.8 Å². The lowest BCUT2D eigenvalue weighted by Crippen LogP contribution is -2.25. The summed E-state index contributed by atoms with van der Waals surface area (Å²) < 4.78 is 3.84. The first-order valence-corrected chi connectivity index (χ1v) is 12.8. The Hall–Kier alpha value is -1.74. The van der Waals surface area contributed by atoms with E-state index in [0.29, 0.717) is 30.2 Å². The third kappa shape index (κ3) is 3.82. The molecule has 0 N–H and O–H groups in total. The number of thioether (sulfide) groups is 1. The largest absolute Gasteiger partial charge is 0.287 e. The lowest BCUT2D eigenvalue weighted by molar-refractivity contribution is 0.480. The maximum absolute atomic E-state index is 13.6. The van der Waals surface area contributed by atoms with Crippen molar-refractivity contribution in [1.82, 2.24) is 29.8 Å². The summed E-state index contributed by atoms with van der Waals surface area (Å²) in [6.45, 7) is 7.40. The highest BCUT2D eigenvalue weighted by Gasteiger charge is 2.28. The van der Waals surface area contributed by atoms with Gasteiger partial charge >= 0.3 is 0 Å². The maximum atomic E-state index is 13.6. The highest BCUT2D eigenvalue weighted by Crippen LogP contribution is 2.38. The lowest BCUT2D eigenvalue weighted by atomic mass is 9.89. The van der Waals surface area contributed by atoms with E-state index in [-0.39, 0.29) is 5.56 Å². The molecule has 3 aromatic heterocycles. The van der Waals surface area contributed by atoms with Gasteiger partial charge in [0.1, 0.15) is 4.83 Å². The molecule has 1 saturated carbocycles. The number of hydrogen-bond donors (Lipinski definition) is 0. The molecule has 0 radical (unpaired) electrons. The molecule has 2 aliphatic rings. The number of hydrogen-bond acceptors (Lipinski definition) is 7. The van der Waals surface area contributed by atoms with Crippen molar-refractivity contribution in [2.75, 3.05) is 0 Å². The molecule has 1 fully saturated rings. The Morgan fingerprint density at radius 2 is 2.10 bits per heavy atom. The van der Waals surface area contributed by atoms with E-state index in [1.807, 2.05) is 9.25 Å². The molecule has 2 aliphatic carbocycles. The summed E-state index contributed by atoms with van der Waals surface area (Å²) in [5, 5.41) is 13.9. The fraction of sp³-hybridized carbons (Fsp3) is 0.667. The summed E-state index contributed by atoms with van der Waals surface area (Å²) in [4.78, 5) is 20.9. The van der Waals surface area contributed by atoms with Crippen molar-refractivity contribution in [1.29, 1.82) is 0 Å². The zero-order valence-corrected chi connectivity index (χ0v) is 19.4. The van der Waals surface area contributed by atoms with Crippen LogP contribution in [-0.4, -0.2) is 29.8 Å². The van der Waals surface area contributed by atoms with E-state index in [9.17, 15) is 4.79 Å². The van der Waals surface area contributed by atoms with Crippen LogP contribution in [0.1, 0.15) is 68.8 Å². The molecule has 5 rings (SSSR count). The third-order valence-corrected chi connectivity index (χ3v) is 8.21. The molecule has 3 aromatic rings. The molecule has 0 saturated heterocycles. The zero-order chi connectivity index (χ0) is 20.8. The number of rotatable bonds is 7. The first kappa shape index (κ1) is 20.2. The lowest BCUT2D eigenvalue weighted by Gasteiger charge is -2.18. The second kappa shape index (κ2) is 8.07. The molecule has 3 heterocycles. The van der Waals surface area contributed by atoms with Gasteiger partial charge in [0.15, 0.2) is 11.0 Å². The Morgan fingerprint density at radius 1 is 1.27 bits per heavy atom. The summed E-state index contributed by atoms with van der Waals surface area (Å²) >= 11 is 3.31. The van der Waals surface area contributed by atoms with E-state index in [1.54, 1.807) is 23.1 Å². The molecule has 0 spiro atoms. The van der Waals surface area contributed by atoms with Crippen molar-refractivity contribution in [3.05, 3.63) is 26.6 Å². The molecular formula is C21H28N6OS2. The standard InChI is InChI=1S/C21H28N6OS2/c1-12(2)8-9-26-20(28)18-15-7-4-13(3)10-16(15)30-19(18)22-21(26)29-11-17-23-24-25-27(17)14-5-6-14/h12-14H,4-11H2,1-3H3. The average molecular weight is 445 g/mol. The quantitative estimate of drug-likeness (QED) is 0.401. The molecule has 1 atom stereocenters. The number of tetrazole rings is 1. The number of fused-ring (bicyclic) bond motifs is 3. The molecule has 0 bridgehead atoms. The van der Waals surface area contributed by atoms with Crippen LogP contribution in [0.5, 0.6) is 0 Å². The fourth-order valence-electron chi connectivity index (χ4n) is 4.14. The first-order valence-electron chi connectivity index (χ1n) is 11.0. The molecular weight excluding hydrogens is 416 g/mol. The minimum atomic E-state index is 0.136. The molecule has 7 nitrogen and oxygen atoms in total. The smallest absolute Gasteiger partial charge is 0.263 e. The predicted molar refractivity (Wildman–Crippen MR) is 120 cm³/mol.